The summed E-state index contributed by atoms with van der Waals surface area (Å²) in [5.74, 6) is 0.0646. The van der Waals surface area contributed by atoms with Gasteiger partial charge in [0.15, 0.2) is 5.78 Å². The van der Waals surface area contributed by atoms with Crippen molar-refractivity contribution in [1.82, 2.24) is 0 Å². The second kappa shape index (κ2) is 6.36. The van der Waals surface area contributed by atoms with Crippen molar-refractivity contribution in [3.8, 4) is 0 Å². The quantitative estimate of drug-likeness (QED) is 0.669. The molecular weight excluding hydrogens is 188 g/mol. The van der Waals surface area contributed by atoms with Crippen LogP contribution in [-0.4, -0.2) is 19.0 Å². The summed E-state index contributed by atoms with van der Waals surface area (Å²) in [5, 5.41) is 0. The highest BCUT2D eigenvalue weighted by Gasteiger charge is 2.05. The molecule has 0 radical (unpaired) electrons. The molecule has 0 bridgehead atoms. The lowest BCUT2D eigenvalue weighted by atomic mass is 10.0. The zero-order valence-electron chi connectivity index (χ0n) is 9.45. The highest BCUT2D eigenvalue weighted by atomic mass is 16.5. The van der Waals surface area contributed by atoms with Crippen LogP contribution in [0.3, 0.4) is 0 Å². The number of ether oxygens (including phenoxy) is 1. The van der Waals surface area contributed by atoms with Gasteiger partial charge in [-0.15, -0.1) is 0 Å². The van der Waals surface area contributed by atoms with Gasteiger partial charge in [-0.25, -0.2) is 0 Å². The van der Waals surface area contributed by atoms with Crippen LogP contribution < -0.4 is 0 Å². The van der Waals surface area contributed by atoms with Gasteiger partial charge in [0.2, 0.25) is 0 Å². The molecule has 82 valence electrons. The predicted molar refractivity (Wildman–Crippen MR) is 61.3 cm³/mol. The van der Waals surface area contributed by atoms with E-state index in [9.17, 15) is 4.79 Å². The van der Waals surface area contributed by atoms with Gasteiger partial charge in [0, 0.05) is 12.2 Å². The minimum absolute atomic E-state index is 0.0646. The molecule has 0 aliphatic heterocycles. The molecule has 15 heavy (non-hydrogen) atoms. The van der Waals surface area contributed by atoms with Crippen molar-refractivity contribution < 1.29 is 9.53 Å². The van der Waals surface area contributed by atoms with Crippen LogP contribution in [0, 0.1) is 0 Å². The maximum atomic E-state index is 11.6. The summed E-state index contributed by atoms with van der Waals surface area (Å²) < 4.78 is 5.10. The highest BCUT2D eigenvalue weighted by molar-refractivity contribution is 5.97. The Hall–Kier alpha value is -1.15. The molecule has 0 atom stereocenters. The lowest BCUT2D eigenvalue weighted by Crippen LogP contribution is -2.09. The number of carbonyl (C=O) groups excluding carboxylic acids is 1. The van der Waals surface area contributed by atoms with Gasteiger partial charge in [0.1, 0.15) is 6.61 Å². The topological polar surface area (TPSA) is 26.3 Å². The molecule has 0 unspecified atom stereocenters. The maximum absolute atomic E-state index is 11.6. The number of Topliss-reactive ketones (excluding diaryl/α,β-unsaturated/α-hetero) is 1. The Morgan fingerprint density at radius 1 is 1.33 bits per heavy atom. The first-order valence-electron chi connectivity index (χ1n) is 5.47. The van der Waals surface area contributed by atoms with Crippen molar-refractivity contribution in [3.05, 3.63) is 35.4 Å². The Bertz CT molecular complexity index is 318. The average Bonchev–Trinajstić information content (AvgIpc) is 2.27. The second-order valence-corrected chi connectivity index (χ2v) is 3.51. The van der Waals surface area contributed by atoms with E-state index in [0.717, 1.165) is 18.4 Å². The zero-order valence-corrected chi connectivity index (χ0v) is 9.45. The highest BCUT2D eigenvalue weighted by Crippen LogP contribution is 2.08. The minimum Gasteiger partial charge on any atom is -0.374 e. The molecule has 0 saturated heterocycles. The smallest absolute Gasteiger partial charge is 0.188 e. The molecule has 0 aromatic heterocycles. The molecule has 0 N–H and O–H groups in total. The molecule has 1 rings (SSSR count). The van der Waals surface area contributed by atoms with E-state index in [2.05, 4.69) is 13.0 Å². The Morgan fingerprint density at radius 2 is 2.13 bits per heavy atom. The van der Waals surface area contributed by atoms with Crippen LogP contribution in [-0.2, 0) is 11.2 Å². The fourth-order valence-electron chi connectivity index (χ4n) is 1.47. The van der Waals surface area contributed by atoms with Crippen molar-refractivity contribution in [3.63, 3.8) is 0 Å². The average molecular weight is 206 g/mol. The van der Waals surface area contributed by atoms with E-state index in [4.69, 9.17) is 4.74 Å². The van der Waals surface area contributed by atoms with E-state index in [1.54, 1.807) is 0 Å². The van der Waals surface area contributed by atoms with Gasteiger partial charge in [0.25, 0.3) is 0 Å². The monoisotopic (exact) mass is 206 g/mol. The third-order valence-electron chi connectivity index (χ3n) is 2.22. The molecule has 0 aliphatic carbocycles. The summed E-state index contributed by atoms with van der Waals surface area (Å²) in [6, 6.07) is 7.80. The summed E-state index contributed by atoms with van der Waals surface area (Å²) in [5.41, 5.74) is 1.98. The van der Waals surface area contributed by atoms with E-state index in [1.165, 1.54) is 5.56 Å². The number of carbonyl (C=O) groups is 1. The molecule has 0 saturated carbocycles. The van der Waals surface area contributed by atoms with Crippen molar-refractivity contribution >= 4 is 5.78 Å². The fourth-order valence-corrected chi connectivity index (χ4v) is 1.47. The SMILES string of the molecule is CCCc1cccc(C(=O)COCC)c1. The van der Waals surface area contributed by atoms with Gasteiger partial charge >= 0.3 is 0 Å². The van der Waals surface area contributed by atoms with Gasteiger partial charge in [-0.1, -0.05) is 31.5 Å². The third kappa shape index (κ3) is 3.84. The van der Waals surface area contributed by atoms with Crippen LogP contribution in [0.5, 0.6) is 0 Å². The summed E-state index contributed by atoms with van der Waals surface area (Å²) >= 11 is 0. The largest absolute Gasteiger partial charge is 0.374 e. The molecule has 0 aliphatic rings. The first kappa shape index (κ1) is 11.9. The molecule has 0 heterocycles. The van der Waals surface area contributed by atoms with E-state index in [0.29, 0.717) is 6.61 Å². The third-order valence-corrected chi connectivity index (χ3v) is 2.22. The molecule has 0 fully saturated rings. The van der Waals surface area contributed by atoms with E-state index in [-0.39, 0.29) is 12.4 Å². The Balaban J connectivity index is 2.67. The number of ketones is 1. The predicted octanol–water partition coefficient (Wildman–Crippen LogP) is 2.86. The Kier molecular flexibility index (Phi) is 5.05. The summed E-state index contributed by atoms with van der Waals surface area (Å²) in [6.45, 7) is 4.79. The lowest BCUT2D eigenvalue weighted by Gasteiger charge is -2.03. The van der Waals surface area contributed by atoms with Gasteiger partial charge in [-0.3, -0.25) is 4.79 Å². The second-order valence-electron chi connectivity index (χ2n) is 3.51. The molecular formula is C13H18O2. The van der Waals surface area contributed by atoms with E-state index in [1.807, 2.05) is 25.1 Å². The van der Waals surface area contributed by atoms with E-state index >= 15 is 0 Å². The van der Waals surface area contributed by atoms with Crippen LogP contribution in [0.4, 0.5) is 0 Å². The summed E-state index contributed by atoms with van der Waals surface area (Å²) in [4.78, 5) is 11.6. The van der Waals surface area contributed by atoms with Gasteiger partial charge < -0.3 is 4.74 Å². The van der Waals surface area contributed by atoms with Crippen LogP contribution >= 0.6 is 0 Å². The van der Waals surface area contributed by atoms with E-state index < -0.39 is 0 Å². The first-order valence-corrected chi connectivity index (χ1v) is 5.47. The summed E-state index contributed by atoms with van der Waals surface area (Å²) in [7, 11) is 0. The van der Waals surface area contributed by atoms with Gasteiger partial charge in [-0.05, 0) is 25.0 Å². The molecule has 2 heteroatoms. The van der Waals surface area contributed by atoms with Crippen molar-refractivity contribution in [2.75, 3.05) is 13.2 Å². The number of rotatable bonds is 6. The lowest BCUT2D eigenvalue weighted by molar-refractivity contribution is 0.0783. The standard InChI is InChI=1S/C13H18O2/c1-3-6-11-7-5-8-12(9-11)13(14)10-15-4-2/h5,7-9H,3-4,6,10H2,1-2H3. The minimum atomic E-state index is 0.0646. The molecule has 0 spiro atoms. The number of hydrogen-bond donors (Lipinski definition) is 0. The first-order chi connectivity index (χ1) is 7.27. The number of aryl methyl sites for hydroxylation is 1. The molecule has 1 aromatic carbocycles. The van der Waals surface area contributed by atoms with Crippen molar-refractivity contribution in [2.24, 2.45) is 0 Å². The van der Waals surface area contributed by atoms with Crippen molar-refractivity contribution in [1.29, 1.82) is 0 Å². The van der Waals surface area contributed by atoms with Crippen molar-refractivity contribution in [2.45, 2.75) is 26.7 Å². The zero-order chi connectivity index (χ0) is 11.1. The molecule has 0 amide bonds. The normalized spacial score (nSPS) is 10.3. The number of benzene rings is 1. The summed E-state index contributed by atoms with van der Waals surface area (Å²) in [6.07, 6.45) is 2.12. The maximum Gasteiger partial charge on any atom is 0.188 e. The Labute approximate surface area is 91.3 Å². The number of hydrogen-bond acceptors (Lipinski definition) is 2. The molecule has 1 aromatic rings. The molecule has 2 nitrogen and oxygen atoms in total. The van der Waals surface area contributed by atoms with Crippen LogP contribution in [0.2, 0.25) is 0 Å². The van der Waals surface area contributed by atoms with Crippen LogP contribution in [0.25, 0.3) is 0 Å². The van der Waals surface area contributed by atoms with Gasteiger partial charge in [-0.2, -0.15) is 0 Å². The van der Waals surface area contributed by atoms with Crippen LogP contribution in [0.15, 0.2) is 24.3 Å². The Morgan fingerprint density at radius 3 is 2.80 bits per heavy atom. The fraction of sp³-hybridized carbons (Fsp3) is 0.462. The van der Waals surface area contributed by atoms with Crippen LogP contribution in [0.1, 0.15) is 36.2 Å². The van der Waals surface area contributed by atoms with Gasteiger partial charge in [0.05, 0.1) is 0 Å².